The molecular weight excluding hydrogens is 472 g/mol. The summed E-state index contributed by atoms with van der Waals surface area (Å²) in [6.45, 7) is 1.93. The minimum absolute atomic E-state index is 0.0419. The average Bonchev–Trinajstić information content (AvgIpc) is 3.41. The highest BCUT2D eigenvalue weighted by atomic mass is 32.1. The highest BCUT2D eigenvalue weighted by molar-refractivity contribution is 7.11. The number of carbonyl (C=O) groups excluding carboxylic acids is 1. The molecular formula is C29H24N2O4S. The number of benzene rings is 3. The van der Waals surface area contributed by atoms with E-state index in [4.69, 9.17) is 14.2 Å². The van der Waals surface area contributed by atoms with Crippen molar-refractivity contribution in [2.75, 3.05) is 20.8 Å². The number of rotatable bonds is 9. The first-order chi connectivity index (χ1) is 17.5. The van der Waals surface area contributed by atoms with Crippen LogP contribution < -0.4 is 14.2 Å². The molecule has 0 unspecified atom stereocenters. The lowest BCUT2D eigenvalue weighted by atomic mass is 10.1. The Bertz CT molecular complexity index is 1430. The van der Waals surface area contributed by atoms with E-state index in [1.807, 2.05) is 54.8 Å². The predicted octanol–water partition coefficient (Wildman–Crippen LogP) is 6.46. The van der Waals surface area contributed by atoms with E-state index in [1.54, 1.807) is 44.6 Å². The van der Waals surface area contributed by atoms with E-state index >= 15 is 0 Å². The largest absolute Gasteiger partial charge is 0.493 e. The van der Waals surface area contributed by atoms with Crippen LogP contribution in [0.5, 0.6) is 17.2 Å². The summed E-state index contributed by atoms with van der Waals surface area (Å²) in [7, 11) is 3.18. The summed E-state index contributed by atoms with van der Waals surface area (Å²) in [6, 6.07) is 22.5. The Morgan fingerprint density at radius 1 is 1.00 bits per heavy atom. The molecule has 0 aliphatic rings. The first kappa shape index (κ1) is 24.7. The van der Waals surface area contributed by atoms with Gasteiger partial charge in [-0.2, -0.15) is 5.26 Å². The van der Waals surface area contributed by atoms with Crippen LogP contribution in [0, 0.1) is 18.3 Å². The van der Waals surface area contributed by atoms with Gasteiger partial charge in [0.25, 0.3) is 0 Å². The number of aromatic nitrogens is 1. The summed E-state index contributed by atoms with van der Waals surface area (Å²) in [6.07, 6.45) is 1.78. The van der Waals surface area contributed by atoms with Gasteiger partial charge in [0.05, 0.1) is 25.5 Å². The fraction of sp³-hybridized carbons (Fsp3) is 0.138. The van der Waals surface area contributed by atoms with E-state index in [2.05, 4.69) is 11.1 Å². The zero-order chi connectivity index (χ0) is 25.5. The number of carbonyl (C=O) groups is 1. The Morgan fingerprint density at radius 3 is 2.39 bits per heavy atom. The number of hydrogen-bond acceptors (Lipinski definition) is 7. The van der Waals surface area contributed by atoms with Gasteiger partial charge in [-0.15, -0.1) is 11.3 Å². The van der Waals surface area contributed by atoms with E-state index in [0.29, 0.717) is 33.4 Å². The Hall–Kier alpha value is -4.41. The van der Waals surface area contributed by atoms with Crippen molar-refractivity contribution in [1.29, 1.82) is 5.26 Å². The van der Waals surface area contributed by atoms with Crippen LogP contribution in [0.4, 0.5) is 0 Å². The Balaban J connectivity index is 1.45. The summed E-state index contributed by atoms with van der Waals surface area (Å²) in [4.78, 5) is 17.0. The molecule has 3 aromatic carbocycles. The molecule has 0 fully saturated rings. The quantitative estimate of drug-likeness (QED) is 0.195. The molecule has 0 saturated heterocycles. The summed E-state index contributed by atoms with van der Waals surface area (Å²) in [5.41, 5.74) is 4.62. The van der Waals surface area contributed by atoms with Crippen molar-refractivity contribution < 1.29 is 19.0 Å². The van der Waals surface area contributed by atoms with Gasteiger partial charge in [0.15, 0.2) is 23.9 Å². The summed E-state index contributed by atoms with van der Waals surface area (Å²) in [5.74, 6) is 1.75. The number of aryl methyl sites for hydroxylation is 1. The first-order valence-corrected chi connectivity index (χ1v) is 12.0. The van der Waals surface area contributed by atoms with Crippen LogP contribution in [-0.4, -0.2) is 31.6 Å². The minimum atomic E-state index is -0.0835. The van der Waals surface area contributed by atoms with Gasteiger partial charge in [-0.3, -0.25) is 4.79 Å². The van der Waals surface area contributed by atoms with E-state index in [0.717, 1.165) is 22.4 Å². The average molecular weight is 497 g/mol. The van der Waals surface area contributed by atoms with Crippen molar-refractivity contribution in [2.45, 2.75) is 6.92 Å². The normalized spacial score (nSPS) is 11.0. The topological polar surface area (TPSA) is 81.4 Å². The van der Waals surface area contributed by atoms with Crippen LogP contribution in [0.1, 0.15) is 26.5 Å². The standard InChI is InChI=1S/C29H24N2O4S/c1-19-4-8-21(9-5-19)26(32)17-35-24-11-6-20(7-12-24)14-23(16-30)29-31-25(18-36-29)22-10-13-27(33-2)28(15-22)34-3/h4-15,18H,17H2,1-3H3/b23-14+. The number of nitrogens with zero attached hydrogens (tertiary/aromatic N) is 2. The number of ketones is 1. The van der Waals surface area contributed by atoms with Crippen molar-refractivity contribution in [2.24, 2.45) is 0 Å². The van der Waals surface area contributed by atoms with Crippen LogP contribution in [0.15, 0.2) is 72.1 Å². The van der Waals surface area contributed by atoms with Crippen LogP contribution in [0.25, 0.3) is 22.9 Å². The number of allylic oxidation sites excluding steroid dienone is 1. The molecule has 0 atom stereocenters. The molecule has 4 aromatic rings. The number of hydrogen-bond donors (Lipinski definition) is 0. The van der Waals surface area contributed by atoms with Gasteiger partial charge in [0.2, 0.25) is 0 Å². The molecule has 0 spiro atoms. The lowest BCUT2D eigenvalue weighted by Crippen LogP contribution is -2.11. The van der Waals surface area contributed by atoms with Gasteiger partial charge in [0, 0.05) is 16.5 Å². The van der Waals surface area contributed by atoms with E-state index in [-0.39, 0.29) is 12.4 Å². The third kappa shape index (κ3) is 5.80. The molecule has 0 bridgehead atoms. The molecule has 1 heterocycles. The Labute approximate surface area is 214 Å². The highest BCUT2D eigenvalue weighted by Gasteiger charge is 2.12. The van der Waals surface area contributed by atoms with Gasteiger partial charge in [0.1, 0.15) is 16.8 Å². The zero-order valence-electron chi connectivity index (χ0n) is 20.1. The Kier molecular flexibility index (Phi) is 7.79. The van der Waals surface area contributed by atoms with Crippen molar-refractivity contribution in [1.82, 2.24) is 4.98 Å². The second-order valence-electron chi connectivity index (χ2n) is 7.92. The van der Waals surface area contributed by atoms with Crippen LogP contribution in [0.2, 0.25) is 0 Å². The van der Waals surface area contributed by atoms with Gasteiger partial charge in [-0.1, -0.05) is 42.0 Å². The summed E-state index contributed by atoms with van der Waals surface area (Å²) < 4.78 is 16.3. The second-order valence-corrected chi connectivity index (χ2v) is 8.78. The van der Waals surface area contributed by atoms with Gasteiger partial charge >= 0.3 is 0 Å². The molecule has 180 valence electrons. The molecule has 7 heteroatoms. The van der Waals surface area contributed by atoms with Crippen molar-refractivity contribution in [3.05, 3.63) is 93.8 Å². The van der Waals surface area contributed by atoms with Crippen LogP contribution in [-0.2, 0) is 0 Å². The molecule has 0 aliphatic heterocycles. The first-order valence-electron chi connectivity index (χ1n) is 11.1. The fourth-order valence-corrected chi connectivity index (χ4v) is 4.26. The molecule has 0 amide bonds. The van der Waals surface area contributed by atoms with Crippen molar-refractivity contribution >= 4 is 28.8 Å². The molecule has 0 radical (unpaired) electrons. The molecule has 1 aromatic heterocycles. The maximum atomic E-state index is 12.3. The van der Waals surface area contributed by atoms with Gasteiger partial charge in [-0.05, 0) is 48.9 Å². The van der Waals surface area contributed by atoms with E-state index in [9.17, 15) is 10.1 Å². The molecule has 0 N–H and O–H groups in total. The number of thiazole rings is 1. The third-order valence-electron chi connectivity index (χ3n) is 5.47. The maximum Gasteiger partial charge on any atom is 0.200 e. The highest BCUT2D eigenvalue weighted by Crippen LogP contribution is 2.34. The summed E-state index contributed by atoms with van der Waals surface area (Å²) >= 11 is 1.40. The van der Waals surface area contributed by atoms with Crippen LogP contribution in [0.3, 0.4) is 0 Å². The lowest BCUT2D eigenvalue weighted by Gasteiger charge is -2.08. The maximum absolute atomic E-state index is 12.3. The molecule has 36 heavy (non-hydrogen) atoms. The minimum Gasteiger partial charge on any atom is -0.493 e. The van der Waals surface area contributed by atoms with E-state index < -0.39 is 0 Å². The molecule has 6 nitrogen and oxygen atoms in total. The monoisotopic (exact) mass is 496 g/mol. The SMILES string of the molecule is COc1ccc(-c2csc(/C(C#N)=C/c3ccc(OCC(=O)c4ccc(C)cc4)cc3)n2)cc1OC. The lowest BCUT2D eigenvalue weighted by molar-refractivity contribution is 0.0921. The number of ether oxygens (including phenoxy) is 3. The zero-order valence-corrected chi connectivity index (χ0v) is 21.0. The van der Waals surface area contributed by atoms with Crippen molar-refractivity contribution in [3.8, 4) is 34.6 Å². The second kappa shape index (κ2) is 11.3. The van der Waals surface area contributed by atoms with Gasteiger partial charge in [-0.25, -0.2) is 4.98 Å². The number of Topliss-reactive ketones (excluding diaryl/α,β-unsaturated/α-hetero) is 1. The third-order valence-corrected chi connectivity index (χ3v) is 6.34. The Morgan fingerprint density at radius 2 is 1.72 bits per heavy atom. The number of nitriles is 1. The van der Waals surface area contributed by atoms with Gasteiger partial charge < -0.3 is 14.2 Å². The molecule has 4 rings (SSSR count). The number of methoxy groups -OCH3 is 2. The van der Waals surface area contributed by atoms with Crippen molar-refractivity contribution in [3.63, 3.8) is 0 Å². The smallest absolute Gasteiger partial charge is 0.200 e. The predicted molar refractivity (Wildman–Crippen MR) is 142 cm³/mol. The van der Waals surface area contributed by atoms with E-state index in [1.165, 1.54) is 11.3 Å². The fourth-order valence-electron chi connectivity index (χ4n) is 3.47. The summed E-state index contributed by atoms with van der Waals surface area (Å²) in [5, 5.41) is 12.3. The van der Waals surface area contributed by atoms with Crippen LogP contribution >= 0.6 is 11.3 Å². The molecule has 0 aliphatic carbocycles. The molecule has 0 saturated carbocycles.